The zero-order chi connectivity index (χ0) is 13.2. The summed E-state index contributed by atoms with van der Waals surface area (Å²) in [5.74, 6) is -1.81. The summed E-state index contributed by atoms with van der Waals surface area (Å²) in [5, 5.41) is 0. The smallest absolute Gasteiger partial charge is 0.335 e. The first-order chi connectivity index (χ1) is 7.88. The minimum atomic E-state index is -1.81. The number of rotatable bonds is 2. The third-order valence-corrected chi connectivity index (χ3v) is 3.10. The molecule has 5 unspecified atom stereocenters. The molecule has 0 bridgehead atoms. The highest BCUT2D eigenvalue weighted by atomic mass is 19.1. The molecule has 1 rings (SSSR count). The molecular weight excluding hydrogens is 231 g/mol. The molecule has 98 valence electrons. The van der Waals surface area contributed by atoms with E-state index >= 15 is 0 Å². The molecule has 6 heteroatoms. The van der Waals surface area contributed by atoms with Gasteiger partial charge in [0, 0.05) is 12.8 Å². The standard InChI is InChI=1S/C11H17FO5/c1-5-6(2)9(11(14)15-4)17-10(12)8(5)16-7(3)13/h5-6,8-10H,1-4H3. The molecule has 0 saturated carbocycles. The summed E-state index contributed by atoms with van der Waals surface area (Å²) in [7, 11) is 1.22. The zero-order valence-electron chi connectivity index (χ0n) is 10.3. The first-order valence-electron chi connectivity index (χ1n) is 5.43. The molecule has 1 saturated heterocycles. The van der Waals surface area contributed by atoms with Crippen LogP contribution in [0.15, 0.2) is 0 Å². The molecule has 5 atom stereocenters. The highest BCUT2D eigenvalue weighted by molar-refractivity contribution is 5.75. The van der Waals surface area contributed by atoms with Crippen LogP contribution in [0.3, 0.4) is 0 Å². The number of hydrogen-bond acceptors (Lipinski definition) is 5. The van der Waals surface area contributed by atoms with E-state index in [1.54, 1.807) is 13.8 Å². The fourth-order valence-corrected chi connectivity index (χ4v) is 1.89. The molecule has 0 spiro atoms. The van der Waals surface area contributed by atoms with E-state index in [0.29, 0.717) is 0 Å². The number of halogens is 1. The van der Waals surface area contributed by atoms with E-state index < -0.39 is 30.5 Å². The Bertz CT molecular complexity index is 306. The molecule has 17 heavy (non-hydrogen) atoms. The number of esters is 2. The predicted octanol–water partition coefficient (Wildman–Crippen LogP) is 1.06. The lowest BCUT2D eigenvalue weighted by Gasteiger charge is -2.39. The Morgan fingerprint density at radius 1 is 1.24 bits per heavy atom. The lowest BCUT2D eigenvalue weighted by atomic mass is 9.83. The van der Waals surface area contributed by atoms with Crippen LogP contribution in [0.5, 0.6) is 0 Å². The molecule has 0 N–H and O–H groups in total. The number of ether oxygens (including phenoxy) is 3. The Morgan fingerprint density at radius 2 is 1.82 bits per heavy atom. The Kier molecular flexibility index (Phi) is 4.45. The second-order valence-corrected chi connectivity index (χ2v) is 4.22. The Hall–Kier alpha value is -1.17. The van der Waals surface area contributed by atoms with Crippen molar-refractivity contribution >= 4 is 11.9 Å². The number of methoxy groups -OCH3 is 1. The maximum atomic E-state index is 13.7. The molecule has 0 amide bonds. The summed E-state index contributed by atoms with van der Waals surface area (Å²) in [6.45, 7) is 4.65. The van der Waals surface area contributed by atoms with Gasteiger partial charge in [-0.15, -0.1) is 0 Å². The molecule has 1 heterocycles. The van der Waals surface area contributed by atoms with Gasteiger partial charge in [-0.3, -0.25) is 4.79 Å². The van der Waals surface area contributed by atoms with Gasteiger partial charge in [-0.1, -0.05) is 13.8 Å². The van der Waals surface area contributed by atoms with E-state index in [-0.39, 0.29) is 11.8 Å². The summed E-state index contributed by atoms with van der Waals surface area (Å²) in [6.07, 6.45) is -3.76. The van der Waals surface area contributed by atoms with Crippen LogP contribution in [-0.2, 0) is 23.8 Å². The van der Waals surface area contributed by atoms with Crippen molar-refractivity contribution in [2.45, 2.75) is 39.3 Å². The van der Waals surface area contributed by atoms with E-state index in [2.05, 4.69) is 4.74 Å². The van der Waals surface area contributed by atoms with Gasteiger partial charge in [0.2, 0.25) is 6.36 Å². The van der Waals surface area contributed by atoms with Crippen LogP contribution in [0.1, 0.15) is 20.8 Å². The topological polar surface area (TPSA) is 61.8 Å². The van der Waals surface area contributed by atoms with Gasteiger partial charge in [-0.2, -0.15) is 0 Å². The van der Waals surface area contributed by atoms with Crippen molar-refractivity contribution in [2.24, 2.45) is 11.8 Å². The van der Waals surface area contributed by atoms with Gasteiger partial charge in [0.25, 0.3) is 0 Å². The molecule has 0 aliphatic carbocycles. The highest BCUT2D eigenvalue weighted by Gasteiger charge is 2.46. The lowest BCUT2D eigenvalue weighted by molar-refractivity contribution is -0.234. The normalized spacial score (nSPS) is 37.4. The van der Waals surface area contributed by atoms with Crippen LogP contribution in [-0.4, -0.2) is 37.6 Å². The fourth-order valence-electron chi connectivity index (χ4n) is 1.89. The van der Waals surface area contributed by atoms with Crippen molar-refractivity contribution in [3.8, 4) is 0 Å². The number of hydrogen-bond donors (Lipinski definition) is 0. The van der Waals surface area contributed by atoms with E-state index in [4.69, 9.17) is 9.47 Å². The van der Waals surface area contributed by atoms with Crippen molar-refractivity contribution in [3.05, 3.63) is 0 Å². The Morgan fingerprint density at radius 3 is 2.29 bits per heavy atom. The van der Waals surface area contributed by atoms with E-state index in [1.807, 2.05) is 0 Å². The van der Waals surface area contributed by atoms with Gasteiger partial charge >= 0.3 is 11.9 Å². The van der Waals surface area contributed by atoms with Crippen molar-refractivity contribution in [1.82, 2.24) is 0 Å². The van der Waals surface area contributed by atoms with Crippen LogP contribution in [0.2, 0.25) is 0 Å². The van der Waals surface area contributed by atoms with Crippen molar-refractivity contribution in [1.29, 1.82) is 0 Å². The fraction of sp³-hybridized carbons (Fsp3) is 0.818. The molecule has 0 aromatic rings. The van der Waals surface area contributed by atoms with Gasteiger partial charge in [-0.25, -0.2) is 9.18 Å². The second kappa shape index (κ2) is 5.44. The molecule has 1 aliphatic rings. The maximum absolute atomic E-state index is 13.7. The lowest BCUT2D eigenvalue weighted by Crippen LogP contribution is -2.52. The first kappa shape index (κ1) is 13.9. The summed E-state index contributed by atoms with van der Waals surface area (Å²) in [6, 6.07) is 0. The number of alkyl halides is 1. The minimum absolute atomic E-state index is 0.293. The van der Waals surface area contributed by atoms with E-state index in [0.717, 1.165) is 0 Å². The van der Waals surface area contributed by atoms with Crippen LogP contribution in [0.25, 0.3) is 0 Å². The number of carbonyl (C=O) groups excluding carboxylic acids is 2. The van der Waals surface area contributed by atoms with Gasteiger partial charge in [0.05, 0.1) is 7.11 Å². The van der Waals surface area contributed by atoms with Gasteiger partial charge in [0.1, 0.15) is 0 Å². The van der Waals surface area contributed by atoms with Crippen molar-refractivity contribution in [2.75, 3.05) is 7.11 Å². The van der Waals surface area contributed by atoms with Crippen molar-refractivity contribution < 1.29 is 28.2 Å². The van der Waals surface area contributed by atoms with Gasteiger partial charge in [-0.05, 0) is 5.92 Å². The molecular formula is C11H17FO5. The average Bonchev–Trinajstić information content (AvgIpc) is 2.28. The summed E-state index contributed by atoms with van der Waals surface area (Å²) in [4.78, 5) is 22.2. The SMILES string of the molecule is COC(=O)C1OC(F)C(OC(C)=O)C(C)C1C. The molecule has 1 aliphatic heterocycles. The molecule has 1 fully saturated rings. The third kappa shape index (κ3) is 2.94. The summed E-state index contributed by atoms with van der Waals surface area (Å²) >= 11 is 0. The molecule has 0 aromatic carbocycles. The summed E-state index contributed by atoms with van der Waals surface area (Å²) in [5.41, 5.74) is 0. The largest absolute Gasteiger partial charge is 0.467 e. The van der Waals surface area contributed by atoms with Crippen LogP contribution in [0, 0.1) is 11.8 Å². The Balaban J connectivity index is 2.79. The van der Waals surface area contributed by atoms with Gasteiger partial charge in [0.15, 0.2) is 12.2 Å². The van der Waals surface area contributed by atoms with Crippen molar-refractivity contribution in [3.63, 3.8) is 0 Å². The molecule has 5 nitrogen and oxygen atoms in total. The first-order valence-corrected chi connectivity index (χ1v) is 5.43. The molecule has 0 radical (unpaired) electrons. The third-order valence-electron chi connectivity index (χ3n) is 3.10. The van der Waals surface area contributed by atoms with Crippen LogP contribution < -0.4 is 0 Å². The summed E-state index contributed by atoms with van der Waals surface area (Å²) < 4.78 is 28.0. The highest BCUT2D eigenvalue weighted by Crippen LogP contribution is 2.33. The number of carbonyl (C=O) groups is 2. The van der Waals surface area contributed by atoms with Crippen LogP contribution >= 0.6 is 0 Å². The average molecular weight is 248 g/mol. The second-order valence-electron chi connectivity index (χ2n) is 4.22. The maximum Gasteiger partial charge on any atom is 0.335 e. The Labute approximate surface area is 99.2 Å². The van der Waals surface area contributed by atoms with E-state index in [1.165, 1.54) is 14.0 Å². The monoisotopic (exact) mass is 248 g/mol. The minimum Gasteiger partial charge on any atom is -0.467 e. The van der Waals surface area contributed by atoms with Gasteiger partial charge < -0.3 is 14.2 Å². The van der Waals surface area contributed by atoms with Crippen LogP contribution in [0.4, 0.5) is 4.39 Å². The quantitative estimate of drug-likeness (QED) is 0.684. The van der Waals surface area contributed by atoms with E-state index in [9.17, 15) is 14.0 Å². The zero-order valence-corrected chi connectivity index (χ0v) is 10.3. The predicted molar refractivity (Wildman–Crippen MR) is 55.7 cm³/mol. The molecule has 0 aromatic heterocycles.